The van der Waals surface area contributed by atoms with Gasteiger partial charge in [0.2, 0.25) is 0 Å². The van der Waals surface area contributed by atoms with Crippen LogP contribution in [0.3, 0.4) is 0 Å². The number of aliphatic hydroxyl groups excluding tert-OH is 1. The summed E-state index contributed by atoms with van der Waals surface area (Å²) < 4.78 is 0. The fourth-order valence-electron chi connectivity index (χ4n) is 0.403. The molecule has 4 heteroatoms. The molecule has 0 aliphatic carbocycles. The molecule has 0 unspecified atom stereocenters. The lowest BCUT2D eigenvalue weighted by atomic mass is 10.2. The number of carbonyl (C=O) groups is 1. The van der Waals surface area contributed by atoms with Gasteiger partial charge in [-0.3, -0.25) is 4.89 Å². The molecule has 0 aromatic rings. The first-order valence-corrected chi connectivity index (χ1v) is 2.56. The molecular weight excluding hydrogens is 136 g/mol. The van der Waals surface area contributed by atoms with E-state index in [1.165, 1.54) is 6.08 Å². The summed E-state index contributed by atoms with van der Waals surface area (Å²) in [5, 5.41) is 16.2. The van der Waals surface area contributed by atoms with Gasteiger partial charge in [0, 0.05) is 6.42 Å². The van der Waals surface area contributed by atoms with E-state index in [2.05, 4.69) is 11.5 Å². The van der Waals surface area contributed by atoms with Gasteiger partial charge in [-0.1, -0.05) is 6.08 Å². The second-order valence-corrected chi connectivity index (χ2v) is 1.53. The number of rotatable bonds is 3. The van der Waals surface area contributed by atoms with Crippen molar-refractivity contribution in [3.05, 3.63) is 24.5 Å². The maximum absolute atomic E-state index is 10.4. The molecule has 0 saturated carbocycles. The predicted octanol–water partition coefficient (Wildman–Crippen LogP) is 1.02. The van der Waals surface area contributed by atoms with Gasteiger partial charge in [-0.25, -0.2) is 4.79 Å². The Balaban J connectivity index is 4.08. The normalized spacial score (nSPS) is 10.7. The van der Waals surface area contributed by atoms with Crippen LogP contribution in [0.5, 0.6) is 0 Å². The van der Waals surface area contributed by atoms with Crippen LogP contribution in [-0.2, 0) is 9.68 Å². The van der Waals surface area contributed by atoms with Gasteiger partial charge in [0.25, 0.3) is 0 Å². The van der Waals surface area contributed by atoms with E-state index in [9.17, 15) is 4.79 Å². The Morgan fingerprint density at radius 3 is 2.60 bits per heavy atom. The van der Waals surface area contributed by atoms with Crippen molar-refractivity contribution in [3.8, 4) is 0 Å². The Morgan fingerprint density at radius 2 is 2.30 bits per heavy atom. The summed E-state index contributed by atoms with van der Waals surface area (Å²) in [6, 6.07) is 0. The smallest absolute Gasteiger partial charge is 0.372 e. The van der Waals surface area contributed by atoms with E-state index >= 15 is 0 Å². The first-order chi connectivity index (χ1) is 4.76. The highest BCUT2D eigenvalue weighted by molar-refractivity contribution is 5.87. The van der Waals surface area contributed by atoms with Crippen LogP contribution < -0.4 is 0 Å². The molecule has 0 spiro atoms. The molecule has 0 heterocycles. The average Bonchev–Trinajstić information content (AvgIpc) is 1.99. The van der Waals surface area contributed by atoms with Crippen molar-refractivity contribution in [2.45, 2.75) is 6.42 Å². The van der Waals surface area contributed by atoms with Gasteiger partial charge in [0.15, 0.2) is 0 Å². The highest BCUT2D eigenvalue weighted by Crippen LogP contribution is 2.01. The molecule has 0 aliphatic heterocycles. The van der Waals surface area contributed by atoms with Gasteiger partial charge in [-0.05, 0) is 0 Å². The molecule has 0 amide bonds. The second-order valence-electron chi connectivity index (χ2n) is 1.53. The maximum atomic E-state index is 10.4. The van der Waals surface area contributed by atoms with Crippen LogP contribution in [-0.4, -0.2) is 16.3 Å². The molecule has 0 fully saturated rings. The van der Waals surface area contributed by atoms with E-state index in [0.717, 1.165) is 0 Å². The van der Waals surface area contributed by atoms with Gasteiger partial charge in [0.1, 0.15) is 0 Å². The van der Waals surface area contributed by atoms with Gasteiger partial charge >= 0.3 is 5.97 Å². The van der Waals surface area contributed by atoms with Crippen molar-refractivity contribution in [2.24, 2.45) is 0 Å². The minimum Gasteiger partial charge on any atom is -0.515 e. The monoisotopic (exact) mass is 144 g/mol. The largest absolute Gasteiger partial charge is 0.515 e. The summed E-state index contributed by atoms with van der Waals surface area (Å²) in [4.78, 5) is 13.7. The third-order valence-electron chi connectivity index (χ3n) is 0.865. The number of aliphatic hydroxyl groups is 1. The van der Waals surface area contributed by atoms with Gasteiger partial charge in [-0.15, -0.1) is 6.58 Å². The van der Waals surface area contributed by atoms with Crippen LogP contribution in [0.4, 0.5) is 0 Å². The molecule has 0 bridgehead atoms. The number of hydrogen-bond donors (Lipinski definition) is 2. The van der Waals surface area contributed by atoms with Gasteiger partial charge in [0.05, 0.1) is 11.8 Å². The second kappa shape index (κ2) is 4.58. The Kier molecular flexibility index (Phi) is 3.99. The molecule has 0 radical (unpaired) electrons. The Hall–Kier alpha value is -1.29. The third-order valence-corrected chi connectivity index (χ3v) is 0.865. The van der Waals surface area contributed by atoms with Crippen molar-refractivity contribution in [1.82, 2.24) is 0 Å². The molecule has 2 N–H and O–H groups in total. The fraction of sp³-hybridized carbons (Fsp3) is 0.167. The molecule has 10 heavy (non-hydrogen) atoms. The lowest BCUT2D eigenvalue weighted by Crippen LogP contribution is -2.04. The van der Waals surface area contributed by atoms with Crippen molar-refractivity contribution < 1.29 is 20.0 Å². The highest BCUT2D eigenvalue weighted by Gasteiger charge is 2.08. The summed E-state index contributed by atoms with van der Waals surface area (Å²) >= 11 is 0. The fourth-order valence-corrected chi connectivity index (χ4v) is 0.403. The minimum absolute atomic E-state index is 0.0440. The molecule has 4 nitrogen and oxygen atoms in total. The summed E-state index contributed by atoms with van der Waals surface area (Å²) in [7, 11) is 0. The number of allylic oxidation sites excluding steroid dienone is 1. The molecule has 0 aliphatic rings. The molecule has 0 atom stereocenters. The van der Waals surface area contributed by atoms with E-state index in [-0.39, 0.29) is 12.0 Å². The molecule has 0 aromatic carbocycles. The van der Waals surface area contributed by atoms with E-state index in [4.69, 9.17) is 10.4 Å². The standard InChI is InChI=1S/C6H8O4/c1-2-3-5(4-7)6(8)10-9/h2,4,7,9H,1,3H2. The van der Waals surface area contributed by atoms with E-state index in [1.54, 1.807) is 0 Å². The zero-order valence-electron chi connectivity index (χ0n) is 5.28. The Bertz CT molecular complexity index is 159. The third kappa shape index (κ3) is 2.32. The summed E-state index contributed by atoms with van der Waals surface area (Å²) in [6.45, 7) is 3.32. The molecule has 0 aromatic heterocycles. The maximum Gasteiger partial charge on any atom is 0.372 e. The molecule has 0 saturated heterocycles. The predicted molar refractivity (Wildman–Crippen MR) is 34.2 cm³/mol. The minimum atomic E-state index is -0.970. The lowest BCUT2D eigenvalue weighted by molar-refractivity contribution is -0.229. The summed E-state index contributed by atoms with van der Waals surface area (Å²) in [6.07, 6.45) is 2.13. The molecular formula is C6H8O4. The zero-order valence-corrected chi connectivity index (χ0v) is 5.28. The van der Waals surface area contributed by atoms with E-state index < -0.39 is 5.97 Å². The number of carbonyl (C=O) groups excluding carboxylic acids is 1. The van der Waals surface area contributed by atoms with E-state index in [0.29, 0.717) is 6.26 Å². The van der Waals surface area contributed by atoms with Crippen molar-refractivity contribution in [3.63, 3.8) is 0 Å². The Labute approximate surface area is 58.0 Å². The molecule has 0 rings (SSSR count). The van der Waals surface area contributed by atoms with Crippen LogP contribution in [0.15, 0.2) is 24.5 Å². The first kappa shape index (κ1) is 8.71. The van der Waals surface area contributed by atoms with Gasteiger partial charge < -0.3 is 5.11 Å². The van der Waals surface area contributed by atoms with Crippen molar-refractivity contribution in [2.75, 3.05) is 0 Å². The van der Waals surface area contributed by atoms with E-state index in [1.807, 2.05) is 0 Å². The zero-order chi connectivity index (χ0) is 7.98. The lowest BCUT2D eigenvalue weighted by Gasteiger charge is -1.95. The van der Waals surface area contributed by atoms with Crippen LogP contribution in [0, 0.1) is 0 Å². The SMILES string of the molecule is C=CCC(=CO)C(=O)OO. The summed E-state index contributed by atoms with van der Waals surface area (Å²) in [5.41, 5.74) is -0.0440. The average molecular weight is 144 g/mol. The quantitative estimate of drug-likeness (QED) is 0.204. The van der Waals surface area contributed by atoms with Crippen LogP contribution in [0.25, 0.3) is 0 Å². The topological polar surface area (TPSA) is 66.8 Å². The first-order valence-electron chi connectivity index (χ1n) is 2.56. The Morgan fingerprint density at radius 1 is 1.70 bits per heavy atom. The van der Waals surface area contributed by atoms with Crippen LogP contribution in [0.2, 0.25) is 0 Å². The van der Waals surface area contributed by atoms with Crippen LogP contribution in [0.1, 0.15) is 6.42 Å². The van der Waals surface area contributed by atoms with Gasteiger partial charge in [-0.2, -0.15) is 5.26 Å². The van der Waals surface area contributed by atoms with Crippen molar-refractivity contribution in [1.29, 1.82) is 0 Å². The number of hydrogen-bond acceptors (Lipinski definition) is 4. The molecule has 56 valence electrons. The van der Waals surface area contributed by atoms with Crippen LogP contribution >= 0.6 is 0 Å². The van der Waals surface area contributed by atoms with Crippen molar-refractivity contribution >= 4 is 5.97 Å². The summed E-state index contributed by atoms with van der Waals surface area (Å²) in [5.74, 6) is -0.970. The highest BCUT2D eigenvalue weighted by atomic mass is 17.1.